The molecule has 0 atom stereocenters. The third kappa shape index (κ3) is 4.97. The first kappa shape index (κ1) is 16.1. The number of methoxy groups -OCH3 is 1. The average molecular weight is 301 g/mol. The number of anilines is 1. The molecule has 0 bridgehead atoms. The molecule has 20 heavy (non-hydrogen) atoms. The molecule has 0 unspecified atom stereocenters. The van der Waals surface area contributed by atoms with Gasteiger partial charge in [-0.1, -0.05) is 11.6 Å². The van der Waals surface area contributed by atoms with Gasteiger partial charge in [-0.05, 0) is 32.0 Å². The summed E-state index contributed by atoms with van der Waals surface area (Å²) in [6, 6.07) is 4.30. The third-order valence-corrected chi connectivity index (χ3v) is 2.75. The monoisotopic (exact) mass is 300 g/mol. The Hall–Kier alpha value is -1.95. The molecule has 0 aliphatic heterocycles. The first-order valence-electron chi connectivity index (χ1n) is 5.88. The van der Waals surface area contributed by atoms with Crippen molar-refractivity contribution in [3.05, 3.63) is 23.2 Å². The molecular weight excluding hydrogens is 284 g/mol. The topological polar surface area (TPSA) is 87.7 Å². The number of aliphatic carboxylic acids is 1. The number of benzene rings is 1. The molecular formula is C13H17ClN2O4. The van der Waals surface area contributed by atoms with Gasteiger partial charge in [0.2, 0.25) is 0 Å². The van der Waals surface area contributed by atoms with Crippen LogP contribution in [0.3, 0.4) is 0 Å². The van der Waals surface area contributed by atoms with Crippen LogP contribution in [0.4, 0.5) is 10.5 Å². The van der Waals surface area contributed by atoms with Crippen LogP contribution >= 0.6 is 11.6 Å². The number of carboxylic acid groups (broad SMARTS) is 1. The molecule has 0 saturated heterocycles. The fourth-order valence-corrected chi connectivity index (χ4v) is 1.89. The van der Waals surface area contributed by atoms with Gasteiger partial charge in [0.15, 0.2) is 0 Å². The summed E-state index contributed by atoms with van der Waals surface area (Å²) in [5.41, 5.74) is -0.369. The Bertz CT molecular complexity index is 517. The number of nitrogens with one attached hydrogen (secondary N) is 2. The van der Waals surface area contributed by atoms with Gasteiger partial charge in [-0.2, -0.15) is 0 Å². The van der Waals surface area contributed by atoms with Crippen LogP contribution in [0.2, 0.25) is 5.02 Å². The molecule has 0 aliphatic carbocycles. The SMILES string of the molecule is COc1ccc(NC(=O)NC(C)(C)CC(=O)O)cc1Cl. The standard InChI is InChI=1S/C13H17ClN2O4/c1-13(2,7-11(17)18)16-12(19)15-8-4-5-10(20-3)9(14)6-8/h4-6H,7H2,1-3H3,(H,17,18)(H2,15,16,19). The largest absolute Gasteiger partial charge is 0.495 e. The zero-order valence-electron chi connectivity index (χ0n) is 11.5. The summed E-state index contributed by atoms with van der Waals surface area (Å²) in [6.07, 6.45) is -0.177. The zero-order valence-corrected chi connectivity index (χ0v) is 12.2. The van der Waals surface area contributed by atoms with Crippen molar-refractivity contribution in [2.75, 3.05) is 12.4 Å². The Kier molecular flexibility index (Phi) is 5.21. The normalized spacial score (nSPS) is 10.8. The highest BCUT2D eigenvalue weighted by atomic mass is 35.5. The summed E-state index contributed by atoms with van der Waals surface area (Å²) in [6.45, 7) is 3.25. The van der Waals surface area contributed by atoms with E-state index in [0.29, 0.717) is 16.5 Å². The quantitative estimate of drug-likeness (QED) is 0.780. The van der Waals surface area contributed by atoms with E-state index in [1.807, 2.05) is 0 Å². The molecule has 1 rings (SSSR count). The summed E-state index contributed by atoms with van der Waals surface area (Å²) < 4.78 is 5.00. The molecule has 0 saturated carbocycles. The molecule has 0 aliphatic rings. The summed E-state index contributed by atoms with van der Waals surface area (Å²) in [5, 5.41) is 14.3. The number of urea groups is 1. The van der Waals surface area contributed by atoms with E-state index in [4.69, 9.17) is 21.4 Å². The van der Waals surface area contributed by atoms with Crippen molar-refractivity contribution < 1.29 is 19.4 Å². The van der Waals surface area contributed by atoms with Crippen molar-refractivity contribution >= 4 is 29.3 Å². The smallest absolute Gasteiger partial charge is 0.319 e. The molecule has 7 heteroatoms. The minimum absolute atomic E-state index is 0.177. The fraction of sp³-hybridized carbons (Fsp3) is 0.385. The first-order valence-corrected chi connectivity index (χ1v) is 6.26. The van der Waals surface area contributed by atoms with E-state index >= 15 is 0 Å². The van der Waals surface area contributed by atoms with Crippen LogP contribution in [0, 0.1) is 0 Å². The summed E-state index contributed by atoms with van der Waals surface area (Å²) in [4.78, 5) is 22.5. The summed E-state index contributed by atoms with van der Waals surface area (Å²) >= 11 is 5.94. The number of carbonyl (C=O) groups is 2. The number of ether oxygens (including phenoxy) is 1. The highest BCUT2D eigenvalue weighted by Crippen LogP contribution is 2.27. The van der Waals surface area contributed by atoms with Gasteiger partial charge in [-0.25, -0.2) is 4.79 Å². The third-order valence-electron chi connectivity index (χ3n) is 2.45. The molecule has 0 aromatic heterocycles. The van der Waals surface area contributed by atoms with Gasteiger partial charge >= 0.3 is 12.0 Å². The summed E-state index contributed by atoms with van der Waals surface area (Å²) in [5.74, 6) is -0.480. The second kappa shape index (κ2) is 6.47. The van der Waals surface area contributed by atoms with Crippen molar-refractivity contribution in [2.45, 2.75) is 25.8 Å². The van der Waals surface area contributed by atoms with E-state index < -0.39 is 17.5 Å². The van der Waals surface area contributed by atoms with Crippen LogP contribution in [0.1, 0.15) is 20.3 Å². The Balaban J connectivity index is 2.67. The van der Waals surface area contributed by atoms with Crippen LogP contribution in [-0.2, 0) is 4.79 Å². The average Bonchev–Trinajstić information content (AvgIpc) is 2.25. The van der Waals surface area contributed by atoms with E-state index in [-0.39, 0.29) is 6.42 Å². The second-order valence-corrected chi connectivity index (χ2v) is 5.29. The maximum atomic E-state index is 11.8. The number of carboxylic acids is 1. The van der Waals surface area contributed by atoms with Crippen molar-refractivity contribution in [3.63, 3.8) is 0 Å². The van der Waals surface area contributed by atoms with E-state index in [1.165, 1.54) is 7.11 Å². The van der Waals surface area contributed by atoms with Crippen LogP contribution in [0.5, 0.6) is 5.75 Å². The molecule has 3 N–H and O–H groups in total. The lowest BCUT2D eigenvalue weighted by molar-refractivity contribution is -0.138. The lowest BCUT2D eigenvalue weighted by atomic mass is 10.0. The van der Waals surface area contributed by atoms with Crippen molar-refractivity contribution in [3.8, 4) is 5.75 Å². The molecule has 1 aromatic rings. The van der Waals surface area contributed by atoms with Gasteiger partial charge in [-0.15, -0.1) is 0 Å². The number of rotatable bonds is 5. The van der Waals surface area contributed by atoms with Gasteiger partial charge in [0.1, 0.15) is 5.75 Å². The van der Waals surface area contributed by atoms with Gasteiger partial charge in [0.25, 0.3) is 0 Å². The van der Waals surface area contributed by atoms with E-state index in [0.717, 1.165) is 0 Å². The zero-order chi connectivity index (χ0) is 15.3. The van der Waals surface area contributed by atoms with Gasteiger partial charge in [0.05, 0.1) is 18.6 Å². The second-order valence-electron chi connectivity index (χ2n) is 4.88. The lowest BCUT2D eigenvalue weighted by Gasteiger charge is -2.24. The molecule has 1 aromatic carbocycles. The van der Waals surface area contributed by atoms with Gasteiger partial charge in [-0.3, -0.25) is 4.79 Å². The molecule has 6 nitrogen and oxygen atoms in total. The van der Waals surface area contributed by atoms with E-state index in [1.54, 1.807) is 32.0 Å². The maximum Gasteiger partial charge on any atom is 0.319 e. The number of amides is 2. The number of hydrogen-bond donors (Lipinski definition) is 3. The Morgan fingerprint density at radius 2 is 2.05 bits per heavy atom. The van der Waals surface area contributed by atoms with Crippen molar-refractivity contribution in [2.24, 2.45) is 0 Å². The molecule has 0 heterocycles. The van der Waals surface area contributed by atoms with Gasteiger partial charge < -0.3 is 20.5 Å². The van der Waals surface area contributed by atoms with E-state index in [9.17, 15) is 9.59 Å². The van der Waals surface area contributed by atoms with Crippen LogP contribution in [-0.4, -0.2) is 29.8 Å². The number of carbonyl (C=O) groups excluding carboxylic acids is 1. The predicted octanol–water partition coefficient (Wildman–Crippen LogP) is 2.72. The van der Waals surface area contributed by atoms with Crippen molar-refractivity contribution in [1.82, 2.24) is 5.32 Å². The van der Waals surface area contributed by atoms with Crippen LogP contribution in [0.25, 0.3) is 0 Å². The Morgan fingerprint density at radius 1 is 1.40 bits per heavy atom. The molecule has 0 radical (unpaired) electrons. The lowest BCUT2D eigenvalue weighted by Crippen LogP contribution is -2.46. The first-order chi connectivity index (χ1) is 9.23. The number of halogens is 1. The highest BCUT2D eigenvalue weighted by Gasteiger charge is 2.23. The Labute approximate surface area is 122 Å². The van der Waals surface area contributed by atoms with E-state index in [2.05, 4.69) is 10.6 Å². The molecule has 0 fully saturated rings. The van der Waals surface area contributed by atoms with Crippen molar-refractivity contribution in [1.29, 1.82) is 0 Å². The minimum Gasteiger partial charge on any atom is -0.495 e. The number of hydrogen-bond acceptors (Lipinski definition) is 3. The highest BCUT2D eigenvalue weighted by molar-refractivity contribution is 6.32. The summed E-state index contributed by atoms with van der Waals surface area (Å²) in [7, 11) is 1.50. The fourth-order valence-electron chi connectivity index (χ4n) is 1.64. The maximum absolute atomic E-state index is 11.8. The minimum atomic E-state index is -0.984. The molecule has 2 amide bonds. The van der Waals surface area contributed by atoms with Crippen LogP contribution < -0.4 is 15.4 Å². The molecule has 0 spiro atoms. The van der Waals surface area contributed by atoms with Crippen LogP contribution in [0.15, 0.2) is 18.2 Å². The predicted molar refractivity (Wildman–Crippen MR) is 76.5 cm³/mol. The Morgan fingerprint density at radius 3 is 2.55 bits per heavy atom. The van der Waals surface area contributed by atoms with Gasteiger partial charge in [0, 0.05) is 11.2 Å². The molecule has 110 valence electrons.